The van der Waals surface area contributed by atoms with Crippen LogP contribution in [0, 0.1) is 11.6 Å². The number of nitrogens with zero attached hydrogens (tertiary/aromatic N) is 1. The topological polar surface area (TPSA) is 25.2 Å². The van der Waals surface area contributed by atoms with Crippen molar-refractivity contribution in [2.75, 3.05) is 0 Å². The normalized spacial score (nSPS) is 14.6. The molecule has 0 bridgehead atoms. The molecule has 23 heavy (non-hydrogen) atoms. The Bertz CT molecular complexity index is 818. The van der Waals surface area contributed by atoms with E-state index in [1.54, 1.807) is 30.5 Å². The summed E-state index contributed by atoms with van der Waals surface area (Å²) in [5, 5.41) is 11.8. The average molecular weight is 376 g/mol. The number of hydrogen-bond acceptors (Lipinski definition) is 1. The molecule has 2 aromatic carbocycles. The standard InChI is InChI=1S/C18H17AsF2NO/c1-19-11-17(23)18(12-4-2-5-13(20)10-12)22-9-8-14-15(21)6-3-7-16(14)22/h2-10,17-18,23H,11H2,1H3. The molecule has 119 valence electrons. The molecule has 2 unspecified atom stereocenters. The van der Waals surface area contributed by atoms with Gasteiger partial charge in [0.05, 0.1) is 0 Å². The molecule has 0 spiro atoms. The van der Waals surface area contributed by atoms with Crippen molar-refractivity contribution < 1.29 is 13.9 Å². The molecule has 3 rings (SSSR count). The van der Waals surface area contributed by atoms with Crippen molar-refractivity contribution in [2.24, 2.45) is 0 Å². The third kappa shape index (κ3) is 3.19. The quantitative estimate of drug-likeness (QED) is 0.668. The average Bonchev–Trinajstić information content (AvgIpc) is 2.93. The molecule has 0 saturated carbocycles. The summed E-state index contributed by atoms with van der Waals surface area (Å²) in [6, 6.07) is 12.4. The zero-order valence-electron chi connectivity index (χ0n) is 12.7. The Balaban J connectivity index is 2.16. The minimum atomic E-state index is -0.638. The molecule has 0 aliphatic rings. The summed E-state index contributed by atoms with van der Waals surface area (Å²) in [4.78, 5) is 0. The molecule has 5 heteroatoms. The van der Waals surface area contributed by atoms with E-state index in [2.05, 4.69) is 5.71 Å². The fourth-order valence-electron chi connectivity index (χ4n) is 2.94. The van der Waals surface area contributed by atoms with Crippen molar-refractivity contribution >= 4 is 26.7 Å². The molecular formula is C18H17AsF2NO. The molecule has 1 N–H and O–H groups in total. The summed E-state index contributed by atoms with van der Waals surface area (Å²) in [5.74, 6) is -0.636. The van der Waals surface area contributed by atoms with Crippen molar-refractivity contribution in [1.82, 2.24) is 4.57 Å². The fraction of sp³-hybridized carbons (Fsp3) is 0.222. The molecule has 3 aromatic rings. The first-order chi connectivity index (χ1) is 11.1. The summed E-state index contributed by atoms with van der Waals surface area (Å²) in [6.07, 6.45) is 1.12. The van der Waals surface area contributed by atoms with E-state index in [4.69, 9.17) is 0 Å². The van der Waals surface area contributed by atoms with Crippen LogP contribution in [-0.4, -0.2) is 31.5 Å². The van der Waals surface area contributed by atoms with E-state index >= 15 is 0 Å². The zero-order valence-corrected chi connectivity index (χ0v) is 14.5. The summed E-state index contributed by atoms with van der Waals surface area (Å²) < 4.78 is 29.4. The van der Waals surface area contributed by atoms with Crippen LogP contribution in [-0.2, 0) is 0 Å². The van der Waals surface area contributed by atoms with E-state index in [1.807, 2.05) is 10.6 Å². The molecule has 1 heterocycles. The molecule has 1 aromatic heterocycles. The van der Waals surface area contributed by atoms with Crippen LogP contribution < -0.4 is 0 Å². The molecule has 2 atom stereocenters. The summed E-state index contributed by atoms with van der Waals surface area (Å²) >= 11 is 0.0124. The van der Waals surface area contributed by atoms with Crippen molar-refractivity contribution in [2.45, 2.75) is 23.1 Å². The summed E-state index contributed by atoms with van der Waals surface area (Å²) in [6.45, 7) is 0. The third-order valence-electron chi connectivity index (χ3n) is 3.93. The van der Waals surface area contributed by atoms with E-state index in [-0.39, 0.29) is 27.4 Å². The van der Waals surface area contributed by atoms with Gasteiger partial charge in [0, 0.05) is 0 Å². The van der Waals surface area contributed by atoms with E-state index in [9.17, 15) is 13.9 Å². The van der Waals surface area contributed by atoms with Gasteiger partial charge in [0.25, 0.3) is 0 Å². The van der Waals surface area contributed by atoms with Gasteiger partial charge in [0.2, 0.25) is 0 Å². The maximum atomic E-state index is 13.9. The Morgan fingerprint density at radius 1 is 1.13 bits per heavy atom. The fourth-order valence-corrected chi connectivity index (χ4v) is 4.14. The van der Waals surface area contributed by atoms with E-state index in [0.29, 0.717) is 21.7 Å². The molecule has 0 fully saturated rings. The van der Waals surface area contributed by atoms with Crippen LogP contribution in [0.5, 0.6) is 0 Å². The van der Waals surface area contributed by atoms with Gasteiger partial charge in [-0.15, -0.1) is 0 Å². The second kappa shape index (κ2) is 6.86. The van der Waals surface area contributed by atoms with E-state index in [0.717, 1.165) is 0 Å². The number of benzene rings is 2. The summed E-state index contributed by atoms with van der Waals surface area (Å²) in [5.41, 5.74) is 3.47. The van der Waals surface area contributed by atoms with Crippen LogP contribution in [0.2, 0.25) is 10.9 Å². The van der Waals surface area contributed by atoms with Crippen molar-refractivity contribution in [3.63, 3.8) is 0 Å². The number of aromatic nitrogens is 1. The Labute approximate surface area is 140 Å². The first-order valence-corrected chi connectivity index (χ1v) is 10.6. The number of aliphatic hydroxyl groups excluding tert-OH is 1. The monoisotopic (exact) mass is 376 g/mol. The second-order valence-electron chi connectivity index (χ2n) is 5.46. The van der Waals surface area contributed by atoms with Crippen LogP contribution in [0.1, 0.15) is 11.6 Å². The van der Waals surface area contributed by atoms with Crippen LogP contribution in [0.4, 0.5) is 8.78 Å². The molecule has 2 nitrogen and oxygen atoms in total. The Morgan fingerprint density at radius 3 is 2.65 bits per heavy atom. The number of halogens is 2. The molecule has 0 amide bonds. The second-order valence-corrected chi connectivity index (χ2v) is 7.55. The summed E-state index contributed by atoms with van der Waals surface area (Å²) in [7, 11) is 0. The van der Waals surface area contributed by atoms with Gasteiger partial charge < -0.3 is 0 Å². The predicted molar refractivity (Wildman–Crippen MR) is 88.9 cm³/mol. The Hall–Kier alpha value is -1.64. The van der Waals surface area contributed by atoms with Gasteiger partial charge in [-0.05, 0) is 0 Å². The number of fused-ring (bicyclic) bond motifs is 1. The van der Waals surface area contributed by atoms with Crippen LogP contribution in [0.15, 0.2) is 54.7 Å². The third-order valence-corrected chi connectivity index (χ3v) is 5.48. The minimum absolute atomic E-state index is 0.0124. The van der Waals surface area contributed by atoms with Gasteiger partial charge in [-0.2, -0.15) is 0 Å². The van der Waals surface area contributed by atoms with Gasteiger partial charge in [-0.1, -0.05) is 0 Å². The zero-order chi connectivity index (χ0) is 16.4. The van der Waals surface area contributed by atoms with Gasteiger partial charge in [0.15, 0.2) is 0 Å². The molecular weight excluding hydrogens is 359 g/mol. The van der Waals surface area contributed by atoms with Gasteiger partial charge in [-0.25, -0.2) is 0 Å². The van der Waals surface area contributed by atoms with Crippen LogP contribution in [0.3, 0.4) is 0 Å². The van der Waals surface area contributed by atoms with E-state index in [1.165, 1.54) is 18.2 Å². The first kappa shape index (κ1) is 16.2. The first-order valence-electron chi connectivity index (χ1n) is 7.36. The predicted octanol–water partition coefficient (Wildman–Crippen LogP) is 4.04. The molecule has 0 aliphatic heterocycles. The van der Waals surface area contributed by atoms with Crippen LogP contribution >= 0.6 is 0 Å². The maximum absolute atomic E-state index is 13.9. The van der Waals surface area contributed by atoms with Crippen molar-refractivity contribution in [3.05, 3.63) is 71.9 Å². The molecule has 0 saturated heterocycles. The number of aliphatic hydroxyl groups is 1. The van der Waals surface area contributed by atoms with E-state index < -0.39 is 12.1 Å². The number of rotatable bonds is 5. The molecule has 1 radical (unpaired) electrons. The Kier molecular flexibility index (Phi) is 4.84. The Morgan fingerprint density at radius 2 is 1.91 bits per heavy atom. The van der Waals surface area contributed by atoms with Crippen molar-refractivity contribution in [1.29, 1.82) is 0 Å². The van der Waals surface area contributed by atoms with Gasteiger partial charge in [-0.3, -0.25) is 0 Å². The van der Waals surface area contributed by atoms with Crippen molar-refractivity contribution in [3.8, 4) is 0 Å². The van der Waals surface area contributed by atoms with Gasteiger partial charge in [0.1, 0.15) is 0 Å². The SMILES string of the molecule is C[As]CC(O)C(c1cccc(F)c1)n1ccc2c(F)cccc21. The van der Waals surface area contributed by atoms with Crippen LogP contribution in [0.25, 0.3) is 10.9 Å². The van der Waals surface area contributed by atoms with Gasteiger partial charge >= 0.3 is 140 Å². The molecule has 0 aliphatic carbocycles. The number of hydrogen-bond donors (Lipinski definition) is 1.